The lowest BCUT2D eigenvalue weighted by atomic mass is 10.4. The first kappa shape index (κ1) is 11.5. The molecule has 1 rings (SSSR count). The smallest absolute Gasteiger partial charge is 0.255 e. The molecule has 0 spiro atoms. The standard InChI is InChI=1S/C9H17N2.ClH/c1-4-6-11-8-7-10(3)9(11)5-2;/h7-8H,4-6H2,1-3H3;1H/q+1;/p-1. The van der Waals surface area contributed by atoms with Gasteiger partial charge in [-0.2, -0.15) is 0 Å². The zero-order valence-electron chi connectivity index (χ0n) is 8.05. The van der Waals surface area contributed by atoms with Crippen molar-refractivity contribution in [2.75, 3.05) is 0 Å². The SMILES string of the molecule is CCCn1cc[n+](C)c1CC.[Cl-]. The number of aromatic nitrogens is 2. The lowest BCUT2D eigenvalue weighted by Gasteiger charge is -1.96. The maximum absolute atomic E-state index is 2.32. The van der Waals surface area contributed by atoms with Crippen LogP contribution in [-0.2, 0) is 20.0 Å². The Morgan fingerprint density at radius 3 is 2.58 bits per heavy atom. The maximum Gasteiger partial charge on any atom is 0.255 e. The van der Waals surface area contributed by atoms with E-state index in [1.165, 1.54) is 12.2 Å². The van der Waals surface area contributed by atoms with Gasteiger partial charge in [0.1, 0.15) is 12.4 Å². The molecular weight excluding hydrogens is 172 g/mol. The summed E-state index contributed by atoms with van der Waals surface area (Å²) in [6.45, 7) is 5.55. The highest BCUT2D eigenvalue weighted by Crippen LogP contribution is 1.97. The molecule has 0 saturated carbocycles. The van der Waals surface area contributed by atoms with Crippen LogP contribution in [0.3, 0.4) is 0 Å². The summed E-state index contributed by atoms with van der Waals surface area (Å²) in [6, 6.07) is 0. The van der Waals surface area contributed by atoms with Crippen LogP contribution in [-0.4, -0.2) is 4.57 Å². The first-order valence-corrected chi connectivity index (χ1v) is 4.33. The molecule has 12 heavy (non-hydrogen) atoms. The fourth-order valence-corrected chi connectivity index (χ4v) is 1.45. The fraction of sp³-hybridized carbons (Fsp3) is 0.667. The van der Waals surface area contributed by atoms with Crippen LogP contribution in [0.4, 0.5) is 0 Å². The minimum Gasteiger partial charge on any atom is -1.00 e. The second-order valence-electron chi connectivity index (χ2n) is 2.87. The summed E-state index contributed by atoms with van der Waals surface area (Å²) in [5, 5.41) is 0. The van der Waals surface area contributed by atoms with Gasteiger partial charge in [0.05, 0.1) is 13.6 Å². The Kier molecular flexibility index (Phi) is 4.98. The number of nitrogens with zero attached hydrogens (tertiary/aromatic N) is 2. The molecule has 0 aliphatic rings. The Bertz CT molecular complexity index is 230. The minimum atomic E-state index is 0. The molecule has 0 bridgehead atoms. The van der Waals surface area contributed by atoms with Gasteiger partial charge in [-0.15, -0.1) is 0 Å². The minimum absolute atomic E-state index is 0. The number of halogens is 1. The van der Waals surface area contributed by atoms with Crippen molar-refractivity contribution in [3.8, 4) is 0 Å². The third-order valence-electron chi connectivity index (χ3n) is 1.99. The van der Waals surface area contributed by atoms with E-state index in [9.17, 15) is 0 Å². The zero-order valence-corrected chi connectivity index (χ0v) is 8.80. The van der Waals surface area contributed by atoms with Crippen molar-refractivity contribution in [1.82, 2.24) is 4.57 Å². The van der Waals surface area contributed by atoms with Crippen LogP contribution in [0.5, 0.6) is 0 Å². The van der Waals surface area contributed by atoms with Crippen molar-refractivity contribution in [1.29, 1.82) is 0 Å². The average Bonchev–Trinajstić information content (AvgIpc) is 2.33. The third-order valence-corrected chi connectivity index (χ3v) is 1.99. The van der Waals surface area contributed by atoms with Gasteiger partial charge >= 0.3 is 0 Å². The largest absolute Gasteiger partial charge is 1.00 e. The van der Waals surface area contributed by atoms with Crippen molar-refractivity contribution >= 4 is 0 Å². The van der Waals surface area contributed by atoms with Gasteiger partial charge in [-0.05, 0) is 6.42 Å². The summed E-state index contributed by atoms with van der Waals surface area (Å²) in [7, 11) is 2.10. The summed E-state index contributed by atoms with van der Waals surface area (Å²) in [5.41, 5.74) is 0. The van der Waals surface area contributed by atoms with Crippen LogP contribution < -0.4 is 17.0 Å². The quantitative estimate of drug-likeness (QED) is 0.500. The Morgan fingerprint density at radius 2 is 2.08 bits per heavy atom. The van der Waals surface area contributed by atoms with E-state index in [1.807, 2.05) is 0 Å². The molecule has 0 unspecified atom stereocenters. The van der Waals surface area contributed by atoms with Crippen molar-refractivity contribution in [2.45, 2.75) is 33.2 Å². The molecule has 1 aromatic rings. The predicted octanol–water partition coefficient (Wildman–Crippen LogP) is -1.71. The molecule has 3 heteroatoms. The Morgan fingerprint density at radius 1 is 1.42 bits per heavy atom. The molecule has 0 aliphatic heterocycles. The summed E-state index contributed by atoms with van der Waals surface area (Å²) < 4.78 is 4.51. The van der Waals surface area contributed by atoms with Crippen LogP contribution in [0.25, 0.3) is 0 Å². The Labute approximate surface area is 80.6 Å². The topological polar surface area (TPSA) is 8.81 Å². The molecule has 0 aromatic carbocycles. The van der Waals surface area contributed by atoms with Gasteiger partial charge in [0.15, 0.2) is 0 Å². The van der Waals surface area contributed by atoms with Gasteiger partial charge in [0.25, 0.3) is 5.82 Å². The number of imidazole rings is 1. The van der Waals surface area contributed by atoms with Crippen LogP contribution in [0.1, 0.15) is 26.1 Å². The van der Waals surface area contributed by atoms with Gasteiger partial charge in [0.2, 0.25) is 0 Å². The molecule has 1 aromatic heterocycles. The first-order chi connectivity index (χ1) is 5.29. The molecular formula is C9H17ClN2. The van der Waals surface area contributed by atoms with Crippen molar-refractivity contribution in [2.24, 2.45) is 7.05 Å². The van der Waals surface area contributed by atoms with E-state index in [-0.39, 0.29) is 12.4 Å². The predicted molar refractivity (Wildman–Crippen MR) is 45.3 cm³/mol. The molecule has 0 N–H and O–H groups in total. The van der Waals surface area contributed by atoms with E-state index in [4.69, 9.17) is 0 Å². The van der Waals surface area contributed by atoms with Gasteiger partial charge < -0.3 is 12.4 Å². The van der Waals surface area contributed by atoms with Crippen molar-refractivity contribution in [3.05, 3.63) is 18.2 Å². The van der Waals surface area contributed by atoms with E-state index in [1.54, 1.807) is 0 Å². The highest BCUT2D eigenvalue weighted by Gasteiger charge is 2.09. The molecule has 0 atom stereocenters. The van der Waals surface area contributed by atoms with E-state index in [0.29, 0.717) is 0 Å². The summed E-state index contributed by atoms with van der Waals surface area (Å²) >= 11 is 0. The second-order valence-corrected chi connectivity index (χ2v) is 2.87. The first-order valence-electron chi connectivity index (χ1n) is 4.33. The van der Waals surface area contributed by atoms with Crippen LogP contribution in [0.2, 0.25) is 0 Å². The highest BCUT2D eigenvalue weighted by atomic mass is 35.5. The lowest BCUT2D eigenvalue weighted by Crippen LogP contribution is -3.00. The highest BCUT2D eigenvalue weighted by molar-refractivity contribution is 4.82. The van der Waals surface area contributed by atoms with E-state index in [0.717, 1.165) is 13.0 Å². The van der Waals surface area contributed by atoms with Crippen molar-refractivity contribution in [3.63, 3.8) is 0 Å². The molecule has 0 amide bonds. The third kappa shape index (κ3) is 2.24. The van der Waals surface area contributed by atoms with Gasteiger partial charge in [-0.1, -0.05) is 13.8 Å². The van der Waals surface area contributed by atoms with E-state index in [2.05, 4.69) is 42.4 Å². The number of aryl methyl sites for hydroxylation is 2. The number of rotatable bonds is 3. The summed E-state index contributed by atoms with van der Waals surface area (Å²) in [4.78, 5) is 0. The van der Waals surface area contributed by atoms with Gasteiger partial charge in [-0.25, -0.2) is 9.13 Å². The van der Waals surface area contributed by atoms with Crippen LogP contribution in [0.15, 0.2) is 12.4 Å². The van der Waals surface area contributed by atoms with E-state index < -0.39 is 0 Å². The molecule has 0 fully saturated rings. The number of hydrogen-bond acceptors (Lipinski definition) is 0. The number of hydrogen-bond donors (Lipinski definition) is 0. The average molecular weight is 189 g/mol. The normalized spacial score (nSPS) is 9.58. The molecule has 0 aliphatic carbocycles. The molecule has 2 nitrogen and oxygen atoms in total. The van der Waals surface area contributed by atoms with Gasteiger partial charge in [-0.3, -0.25) is 0 Å². The molecule has 1 heterocycles. The van der Waals surface area contributed by atoms with E-state index >= 15 is 0 Å². The maximum atomic E-state index is 2.32. The zero-order chi connectivity index (χ0) is 8.27. The molecule has 0 saturated heterocycles. The van der Waals surface area contributed by atoms with Crippen LogP contribution in [0, 0.1) is 0 Å². The molecule has 0 radical (unpaired) electrons. The second kappa shape index (κ2) is 5.20. The van der Waals surface area contributed by atoms with Crippen molar-refractivity contribution < 1.29 is 17.0 Å². The lowest BCUT2D eigenvalue weighted by molar-refractivity contribution is -0.678. The fourth-order valence-electron chi connectivity index (χ4n) is 1.45. The van der Waals surface area contributed by atoms with Crippen LogP contribution >= 0.6 is 0 Å². The Hall–Kier alpha value is -0.500. The summed E-state index contributed by atoms with van der Waals surface area (Å²) in [5.74, 6) is 1.41. The van der Waals surface area contributed by atoms with Gasteiger partial charge in [0, 0.05) is 6.42 Å². The Balaban J connectivity index is 0.00000121. The molecule has 70 valence electrons. The monoisotopic (exact) mass is 188 g/mol. The summed E-state index contributed by atoms with van der Waals surface area (Å²) in [6.07, 6.45) is 6.60.